The van der Waals surface area contributed by atoms with Crippen molar-refractivity contribution in [1.29, 1.82) is 0 Å². The number of hydrogen-bond acceptors (Lipinski definition) is 6. The molecule has 0 spiro atoms. The van der Waals surface area contributed by atoms with Gasteiger partial charge in [0.15, 0.2) is 6.61 Å². The number of rotatable bonds is 4. The van der Waals surface area contributed by atoms with E-state index < -0.39 is 0 Å². The summed E-state index contributed by atoms with van der Waals surface area (Å²) in [7, 11) is 0. The molecule has 0 atom stereocenters. The van der Waals surface area contributed by atoms with E-state index in [9.17, 15) is 4.79 Å². The number of aromatic nitrogens is 2. The van der Waals surface area contributed by atoms with Gasteiger partial charge in [0.1, 0.15) is 11.5 Å². The van der Waals surface area contributed by atoms with E-state index in [4.69, 9.17) is 13.6 Å². The van der Waals surface area contributed by atoms with E-state index in [1.165, 1.54) is 6.42 Å². The quantitative estimate of drug-likeness (QED) is 0.803. The number of aryl methyl sites for hydroxylation is 2. The first-order valence-corrected chi connectivity index (χ1v) is 7.70. The Morgan fingerprint density at radius 2 is 2.00 bits per heavy atom. The molecule has 118 valence electrons. The molecule has 3 rings (SSSR count). The Labute approximate surface area is 128 Å². The SMILES string of the molecule is Cc1cc(-c2nnc(COC(=O)C3CCCCC3)o2)c(C)o1. The molecule has 2 aromatic heterocycles. The fourth-order valence-electron chi connectivity index (χ4n) is 2.85. The van der Waals surface area contributed by atoms with Crippen LogP contribution in [0.5, 0.6) is 0 Å². The largest absolute Gasteiger partial charge is 0.466 e. The molecule has 22 heavy (non-hydrogen) atoms. The Morgan fingerprint density at radius 1 is 1.23 bits per heavy atom. The van der Waals surface area contributed by atoms with Gasteiger partial charge in [-0.25, -0.2) is 0 Å². The van der Waals surface area contributed by atoms with Gasteiger partial charge >= 0.3 is 5.97 Å². The van der Waals surface area contributed by atoms with Crippen molar-refractivity contribution in [3.63, 3.8) is 0 Å². The van der Waals surface area contributed by atoms with E-state index in [0.717, 1.165) is 42.8 Å². The van der Waals surface area contributed by atoms with E-state index in [2.05, 4.69) is 10.2 Å². The van der Waals surface area contributed by atoms with Crippen molar-refractivity contribution in [3.8, 4) is 11.5 Å². The molecule has 6 nitrogen and oxygen atoms in total. The lowest BCUT2D eigenvalue weighted by atomic mass is 9.89. The summed E-state index contributed by atoms with van der Waals surface area (Å²) in [4.78, 5) is 12.0. The van der Waals surface area contributed by atoms with Crippen LogP contribution in [0.25, 0.3) is 11.5 Å². The summed E-state index contributed by atoms with van der Waals surface area (Å²) >= 11 is 0. The average Bonchev–Trinajstić information content (AvgIpc) is 3.12. The third-order valence-corrected chi connectivity index (χ3v) is 4.01. The maximum atomic E-state index is 12.0. The molecule has 1 aliphatic carbocycles. The molecule has 6 heteroatoms. The summed E-state index contributed by atoms with van der Waals surface area (Å²) in [6.07, 6.45) is 5.25. The van der Waals surface area contributed by atoms with Crippen LogP contribution in [0.4, 0.5) is 0 Å². The second-order valence-electron chi connectivity index (χ2n) is 5.77. The second kappa shape index (κ2) is 6.34. The molecule has 0 bridgehead atoms. The second-order valence-corrected chi connectivity index (χ2v) is 5.77. The van der Waals surface area contributed by atoms with Crippen LogP contribution in [0.15, 0.2) is 14.9 Å². The number of carbonyl (C=O) groups excluding carboxylic acids is 1. The number of furan rings is 1. The van der Waals surface area contributed by atoms with Gasteiger partial charge in [0.05, 0.1) is 11.5 Å². The Hall–Kier alpha value is -2.11. The fraction of sp³-hybridized carbons (Fsp3) is 0.562. The third-order valence-electron chi connectivity index (χ3n) is 4.01. The molecular weight excluding hydrogens is 284 g/mol. The van der Waals surface area contributed by atoms with Gasteiger partial charge < -0.3 is 13.6 Å². The highest BCUT2D eigenvalue weighted by Crippen LogP contribution is 2.27. The van der Waals surface area contributed by atoms with Crippen molar-refractivity contribution in [3.05, 3.63) is 23.5 Å². The maximum Gasteiger partial charge on any atom is 0.309 e. The molecule has 1 fully saturated rings. The first kappa shape index (κ1) is 14.8. The van der Waals surface area contributed by atoms with Gasteiger partial charge in [-0.3, -0.25) is 4.79 Å². The summed E-state index contributed by atoms with van der Waals surface area (Å²) in [6.45, 7) is 3.73. The van der Waals surface area contributed by atoms with Gasteiger partial charge in [-0.1, -0.05) is 19.3 Å². The number of hydrogen-bond donors (Lipinski definition) is 0. The van der Waals surface area contributed by atoms with Crippen LogP contribution in [-0.2, 0) is 16.1 Å². The highest BCUT2D eigenvalue weighted by atomic mass is 16.5. The first-order valence-electron chi connectivity index (χ1n) is 7.70. The standard InChI is InChI=1S/C16H20N2O4/c1-10-8-13(11(2)21-10)15-18-17-14(22-15)9-20-16(19)12-6-4-3-5-7-12/h8,12H,3-7,9H2,1-2H3. The molecule has 0 amide bonds. The number of nitrogens with zero attached hydrogens (tertiary/aromatic N) is 2. The number of esters is 1. The van der Waals surface area contributed by atoms with Gasteiger partial charge in [-0.15, -0.1) is 10.2 Å². The minimum absolute atomic E-state index is 0.0231. The van der Waals surface area contributed by atoms with Crippen molar-refractivity contribution in [2.45, 2.75) is 52.6 Å². The molecular formula is C16H20N2O4. The molecule has 0 aromatic carbocycles. The van der Waals surface area contributed by atoms with Crippen LogP contribution in [-0.4, -0.2) is 16.2 Å². The van der Waals surface area contributed by atoms with E-state index in [1.54, 1.807) is 0 Å². The minimum Gasteiger partial charge on any atom is -0.466 e. The van der Waals surface area contributed by atoms with Crippen LogP contribution >= 0.6 is 0 Å². The third kappa shape index (κ3) is 3.21. The Morgan fingerprint density at radius 3 is 2.68 bits per heavy atom. The molecule has 0 N–H and O–H groups in total. The molecule has 1 aliphatic rings. The Bertz CT molecular complexity index is 653. The fourth-order valence-corrected chi connectivity index (χ4v) is 2.85. The minimum atomic E-state index is -0.158. The van der Waals surface area contributed by atoms with E-state index in [1.807, 2.05) is 19.9 Å². The average molecular weight is 304 g/mol. The molecule has 0 saturated heterocycles. The maximum absolute atomic E-state index is 12.0. The number of ether oxygens (including phenoxy) is 1. The molecule has 0 aliphatic heterocycles. The highest BCUT2D eigenvalue weighted by Gasteiger charge is 2.23. The zero-order valence-electron chi connectivity index (χ0n) is 12.9. The lowest BCUT2D eigenvalue weighted by Gasteiger charge is -2.19. The lowest BCUT2D eigenvalue weighted by molar-refractivity contribution is -0.151. The van der Waals surface area contributed by atoms with Gasteiger partial charge in [-0.2, -0.15) is 0 Å². The van der Waals surface area contributed by atoms with Gasteiger partial charge in [-0.05, 0) is 32.8 Å². The topological polar surface area (TPSA) is 78.4 Å². The Balaban J connectivity index is 1.60. The van der Waals surface area contributed by atoms with E-state index in [0.29, 0.717) is 11.8 Å². The summed E-state index contributed by atoms with van der Waals surface area (Å²) in [5.74, 6) is 2.07. The van der Waals surface area contributed by atoms with E-state index in [-0.39, 0.29) is 18.5 Å². The van der Waals surface area contributed by atoms with Crippen LogP contribution < -0.4 is 0 Å². The van der Waals surface area contributed by atoms with Crippen molar-refractivity contribution >= 4 is 5.97 Å². The molecule has 0 radical (unpaired) electrons. The van der Waals surface area contributed by atoms with Crippen LogP contribution in [0.3, 0.4) is 0 Å². The molecule has 2 heterocycles. The van der Waals surface area contributed by atoms with Crippen LogP contribution in [0.2, 0.25) is 0 Å². The molecule has 1 saturated carbocycles. The first-order chi connectivity index (χ1) is 10.6. The summed E-state index contributed by atoms with van der Waals surface area (Å²) in [5.41, 5.74) is 0.773. The normalized spacial score (nSPS) is 15.9. The monoisotopic (exact) mass is 304 g/mol. The van der Waals surface area contributed by atoms with Crippen LogP contribution in [0.1, 0.15) is 49.5 Å². The number of carbonyl (C=O) groups is 1. The van der Waals surface area contributed by atoms with Crippen molar-refractivity contribution < 1.29 is 18.4 Å². The lowest BCUT2D eigenvalue weighted by Crippen LogP contribution is -2.20. The van der Waals surface area contributed by atoms with Crippen molar-refractivity contribution in [2.24, 2.45) is 5.92 Å². The zero-order valence-corrected chi connectivity index (χ0v) is 12.9. The predicted octanol–water partition coefficient (Wildman–Crippen LogP) is 3.57. The Kier molecular flexibility index (Phi) is 4.27. The highest BCUT2D eigenvalue weighted by molar-refractivity contribution is 5.72. The summed E-state index contributed by atoms with van der Waals surface area (Å²) in [6, 6.07) is 1.85. The molecule has 2 aromatic rings. The van der Waals surface area contributed by atoms with Crippen LogP contribution in [0, 0.1) is 19.8 Å². The van der Waals surface area contributed by atoms with Gasteiger partial charge in [0.25, 0.3) is 11.8 Å². The smallest absolute Gasteiger partial charge is 0.309 e. The van der Waals surface area contributed by atoms with E-state index >= 15 is 0 Å². The van der Waals surface area contributed by atoms with Crippen molar-refractivity contribution in [2.75, 3.05) is 0 Å². The zero-order chi connectivity index (χ0) is 15.5. The van der Waals surface area contributed by atoms with Gasteiger partial charge in [0.2, 0.25) is 0 Å². The predicted molar refractivity (Wildman–Crippen MR) is 77.8 cm³/mol. The van der Waals surface area contributed by atoms with Gasteiger partial charge in [0, 0.05) is 0 Å². The summed E-state index contributed by atoms with van der Waals surface area (Å²) < 4.78 is 16.3. The van der Waals surface area contributed by atoms with Crippen molar-refractivity contribution in [1.82, 2.24) is 10.2 Å². The molecule has 0 unspecified atom stereocenters. The summed E-state index contributed by atoms with van der Waals surface area (Å²) in [5, 5.41) is 7.91.